The van der Waals surface area contributed by atoms with Crippen LogP contribution in [0, 0.1) is 5.92 Å². The summed E-state index contributed by atoms with van der Waals surface area (Å²) in [4.78, 5) is 37.3. The number of anilines is 2. The molecule has 4 heterocycles. The zero-order valence-electron chi connectivity index (χ0n) is 20.1. The van der Waals surface area contributed by atoms with Crippen LogP contribution in [-0.2, 0) is 0 Å². The average molecular weight is 449 g/mol. The van der Waals surface area contributed by atoms with Crippen molar-refractivity contribution in [3.8, 4) is 11.3 Å². The lowest BCUT2D eigenvalue weighted by atomic mass is 9.80. The van der Waals surface area contributed by atoms with E-state index in [9.17, 15) is 9.59 Å². The molecule has 0 saturated carbocycles. The van der Waals surface area contributed by atoms with E-state index in [4.69, 9.17) is 4.42 Å². The summed E-state index contributed by atoms with van der Waals surface area (Å²) in [6, 6.07) is 7.29. The maximum absolute atomic E-state index is 13.0. The lowest BCUT2D eigenvalue weighted by Gasteiger charge is -2.45. The number of H-pyrrole nitrogens is 1. The van der Waals surface area contributed by atoms with Crippen molar-refractivity contribution in [2.24, 2.45) is 5.92 Å². The van der Waals surface area contributed by atoms with Gasteiger partial charge in [-0.3, -0.25) is 9.78 Å². The molecule has 0 spiro atoms. The van der Waals surface area contributed by atoms with E-state index in [1.807, 2.05) is 12.1 Å². The van der Waals surface area contributed by atoms with Crippen molar-refractivity contribution in [3.05, 3.63) is 50.6 Å². The van der Waals surface area contributed by atoms with E-state index in [0.29, 0.717) is 34.6 Å². The van der Waals surface area contributed by atoms with E-state index in [2.05, 4.69) is 60.6 Å². The minimum Gasteiger partial charge on any atom is -0.422 e. The van der Waals surface area contributed by atoms with Gasteiger partial charge in [-0.2, -0.15) is 0 Å². The third-order valence-corrected chi connectivity index (χ3v) is 7.58. The molecule has 3 aromatic rings. The SMILES string of the molecule is CC1CCN(c2nc(-c3cc4cc5c(cc4oc3=O)N(C)C(C)(C)CC5C)cc(=O)[nH]2)CC1. The topological polar surface area (TPSA) is 82.4 Å². The van der Waals surface area contributed by atoms with Gasteiger partial charge < -0.3 is 14.2 Å². The maximum Gasteiger partial charge on any atom is 0.345 e. The minimum absolute atomic E-state index is 0.0258. The number of hydrogen-bond acceptors (Lipinski definition) is 6. The van der Waals surface area contributed by atoms with Crippen molar-refractivity contribution >= 4 is 22.6 Å². The van der Waals surface area contributed by atoms with Gasteiger partial charge in [0.25, 0.3) is 5.56 Å². The lowest BCUT2D eigenvalue weighted by molar-refractivity contribution is 0.395. The highest BCUT2D eigenvalue weighted by Gasteiger charge is 2.34. The van der Waals surface area contributed by atoms with Gasteiger partial charge in [0.05, 0.1) is 11.3 Å². The fourth-order valence-corrected chi connectivity index (χ4v) is 5.31. The fourth-order valence-electron chi connectivity index (χ4n) is 5.31. The van der Waals surface area contributed by atoms with E-state index in [1.165, 1.54) is 11.6 Å². The molecule has 33 heavy (non-hydrogen) atoms. The first-order valence-corrected chi connectivity index (χ1v) is 11.8. The van der Waals surface area contributed by atoms with E-state index in [-0.39, 0.29) is 11.1 Å². The molecule has 174 valence electrons. The summed E-state index contributed by atoms with van der Waals surface area (Å²) in [5, 5.41) is 0.846. The second-order valence-corrected chi connectivity index (χ2v) is 10.5. The minimum atomic E-state index is -0.482. The van der Waals surface area contributed by atoms with Crippen molar-refractivity contribution < 1.29 is 4.42 Å². The number of aromatic amines is 1. The van der Waals surface area contributed by atoms with Crippen LogP contribution in [0.5, 0.6) is 0 Å². The summed E-state index contributed by atoms with van der Waals surface area (Å²) >= 11 is 0. The van der Waals surface area contributed by atoms with Crippen LogP contribution in [0.1, 0.15) is 58.4 Å². The molecule has 5 rings (SSSR count). The molecule has 0 radical (unpaired) electrons. The zero-order valence-corrected chi connectivity index (χ0v) is 20.1. The lowest BCUT2D eigenvalue weighted by Crippen LogP contribution is -2.45. The van der Waals surface area contributed by atoms with Gasteiger partial charge in [0.2, 0.25) is 5.95 Å². The van der Waals surface area contributed by atoms with E-state index in [1.54, 1.807) is 0 Å². The first-order chi connectivity index (χ1) is 15.6. The normalized spacial score (nSPS) is 20.8. The molecule has 1 N–H and O–H groups in total. The third-order valence-electron chi connectivity index (χ3n) is 7.58. The largest absolute Gasteiger partial charge is 0.422 e. The van der Waals surface area contributed by atoms with E-state index >= 15 is 0 Å². The molecule has 2 aliphatic rings. The Morgan fingerprint density at radius 2 is 1.82 bits per heavy atom. The molecule has 1 fully saturated rings. The number of fused-ring (bicyclic) bond motifs is 2. The molecule has 7 nitrogen and oxygen atoms in total. The second kappa shape index (κ2) is 7.75. The third kappa shape index (κ3) is 3.83. The van der Waals surface area contributed by atoms with Gasteiger partial charge in [-0.25, -0.2) is 9.78 Å². The first-order valence-electron chi connectivity index (χ1n) is 11.8. The molecule has 0 aliphatic carbocycles. The predicted molar refractivity (Wildman–Crippen MR) is 132 cm³/mol. The van der Waals surface area contributed by atoms with Gasteiger partial charge in [-0.05, 0) is 62.6 Å². The van der Waals surface area contributed by atoms with Crippen LogP contribution in [0.2, 0.25) is 0 Å². The van der Waals surface area contributed by atoms with Crippen molar-refractivity contribution in [1.82, 2.24) is 9.97 Å². The zero-order chi connectivity index (χ0) is 23.5. The Kier molecular flexibility index (Phi) is 5.10. The number of piperidine rings is 1. The van der Waals surface area contributed by atoms with Gasteiger partial charge >= 0.3 is 5.63 Å². The molecule has 1 saturated heterocycles. The van der Waals surface area contributed by atoms with Crippen LogP contribution in [0.4, 0.5) is 11.6 Å². The second-order valence-electron chi connectivity index (χ2n) is 10.5. The van der Waals surface area contributed by atoms with Gasteiger partial charge in [0.1, 0.15) is 5.58 Å². The predicted octanol–water partition coefficient (Wildman–Crippen LogP) is 4.50. The van der Waals surface area contributed by atoms with Gasteiger partial charge in [-0.1, -0.05) is 13.8 Å². The van der Waals surface area contributed by atoms with Crippen molar-refractivity contribution in [2.75, 3.05) is 29.9 Å². The van der Waals surface area contributed by atoms with Crippen molar-refractivity contribution in [1.29, 1.82) is 0 Å². The van der Waals surface area contributed by atoms with Crippen LogP contribution < -0.4 is 21.0 Å². The van der Waals surface area contributed by atoms with Crippen molar-refractivity contribution in [2.45, 2.75) is 58.4 Å². The summed E-state index contributed by atoms with van der Waals surface area (Å²) in [6.07, 6.45) is 3.15. The number of rotatable bonds is 2. The summed E-state index contributed by atoms with van der Waals surface area (Å²) in [7, 11) is 2.09. The van der Waals surface area contributed by atoms with E-state index in [0.717, 1.165) is 43.4 Å². The summed E-state index contributed by atoms with van der Waals surface area (Å²) in [5.74, 6) is 1.57. The highest BCUT2D eigenvalue weighted by Crippen LogP contribution is 2.44. The van der Waals surface area contributed by atoms with Crippen molar-refractivity contribution in [3.63, 3.8) is 0 Å². The van der Waals surface area contributed by atoms with Crippen LogP contribution in [0.15, 0.2) is 38.3 Å². The number of hydrogen-bond donors (Lipinski definition) is 1. The van der Waals surface area contributed by atoms with Gasteiger partial charge in [0, 0.05) is 48.9 Å². The summed E-state index contributed by atoms with van der Waals surface area (Å²) in [5.41, 5.74) is 2.83. The summed E-state index contributed by atoms with van der Waals surface area (Å²) < 4.78 is 5.76. The number of nitrogens with zero attached hydrogens (tertiary/aromatic N) is 3. The number of benzene rings is 1. The monoisotopic (exact) mass is 448 g/mol. The molecule has 1 unspecified atom stereocenters. The standard InChI is InChI=1S/C26H32N4O3/c1-15-6-8-30(9-7-15)25-27-20(12-23(31)28-25)19-11-17-10-18-16(2)14-26(3,4)29(5)21(18)13-22(17)33-24(19)32/h10-13,15-16H,6-9,14H2,1-5H3,(H,27,28,31). The molecule has 0 amide bonds. The Hall–Kier alpha value is -3.09. The van der Waals surface area contributed by atoms with Crippen LogP contribution >= 0.6 is 0 Å². The van der Waals surface area contributed by atoms with Crippen LogP contribution in [-0.4, -0.2) is 35.6 Å². The first kappa shape index (κ1) is 21.7. The molecule has 2 aromatic heterocycles. The molecular formula is C26H32N4O3. The van der Waals surface area contributed by atoms with Crippen LogP contribution in [0.3, 0.4) is 0 Å². The Morgan fingerprint density at radius 1 is 1.09 bits per heavy atom. The molecule has 7 heteroatoms. The molecule has 0 bridgehead atoms. The number of nitrogens with one attached hydrogen (secondary N) is 1. The molecular weight excluding hydrogens is 416 g/mol. The average Bonchev–Trinajstić information content (AvgIpc) is 2.76. The molecule has 1 atom stereocenters. The fraction of sp³-hybridized carbons (Fsp3) is 0.500. The molecule has 2 aliphatic heterocycles. The summed E-state index contributed by atoms with van der Waals surface area (Å²) in [6.45, 7) is 10.6. The highest BCUT2D eigenvalue weighted by atomic mass is 16.4. The Morgan fingerprint density at radius 3 is 2.55 bits per heavy atom. The number of aromatic nitrogens is 2. The highest BCUT2D eigenvalue weighted by molar-refractivity contribution is 5.86. The maximum atomic E-state index is 13.0. The van der Waals surface area contributed by atoms with E-state index < -0.39 is 5.63 Å². The van der Waals surface area contributed by atoms with Gasteiger partial charge in [-0.15, -0.1) is 0 Å². The quantitative estimate of drug-likeness (QED) is 0.581. The Labute approximate surface area is 193 Å². The molecule has 1 aromatic carbocycles. The van der Waals surface area contributed by atoms with Gasteiger partial charge in [0.15, 0.2) is 0 Å². The Balaban J connectivity index is 1.60. The smallest absolute Gasteiger partial charge is 0.345 e. The van der Waals surface area contributed by atoms with Crippen LogP contribution in [0.25, 0.3) is 22.2 Å². The Bertz CT molecular complexity index is 1330.